The molecule has 1 aliphatic rings. The molecule has 2 aromatic rings. The summed E-state index contributed by atoms with van der Waals surface area (Å²) < 4.78 is 4.19. The van der Waals surface area contributed by atoms with Gasteiger partial charge in [-0.05, 0) is 50.2 Å². The molecule has 112 valence electrons. The van der Waals surface area contributed by atoms with Gasteiger partial charge in [-0.3, -0.25) is 4.79 Å². The van der Waals surface area contributed by atoms with Crippen molar-refractivity contribution in [1.82, 2.24) is 19.8 Å². The van der Waals surface area contributed by atoms with E-state index in [9.17, 15) is 4.79 Å². The Morgan fingerprint density at radius 2 is 1.95 bits per heavy atom. The quantitative estimate of drug-likeness (QED) is 0.878. The number of nitrogens with one attached hydrogen (secondary N) is 2. The molecule has 0 atom stereocenters. The highest BCUT2D eigenvalue weighted by Crippen LogP contribution is 2.21. The molecule has 2 N–H and O–H groups in total. The second-order valence-corrected chi connectivity index (χ2v) is 5.46. The third kappa shape index (κ3) is 3.36. The van der Waals surface area contributed by atoms with Crippen LogP contribution in [0.15, 0.2) is 42.9 Å². The fourth-order valence-electron chi connectivity index (χ4n) is 2.90. The van der Waals surface area contributed by atoms with Crippen LogP contribution in [0.1, 0.15) is 29.4 Å². The highest BCUT2D eigenvalue weighted by atomic mass is 16.1. The number of hydrogen-bond donors (Lipinski definition) is 2. The van der Waals surface area contributed by atoms with Crippen molar-refractivity contribution in [3.05, 3.63) is 48.5 Å². The van der Waals surface area contributed by atoms with E-state index in [2.05, 4.69) is 19.8 Å². The van der Waals surface area contributed by atoms with Gasteiger partial charge < -0.3 is 19.8 Å². The number of carbonyl (C=O) groups is 1. The predicted molar refractivity (Wildman–Crippen MR) is 82.3 cm³/mol. The number of carbonyl (C=O) groups excluding carboxylic acids is 1. The number of piperidine rings is 1. The number of rotatable bonds is 5. The molecule has 1 saturated heterocycles. The zero-order chi connectivity index (χ0) is 14.5. The Balaban J connectivity index is 1.58. The summed E-state index contributed by atoms with van der Waals surface area (Å²) in [6.07, 6.45) is 8.20. The summed E-state index contributed by atoms with van der Waals surface area (Å²) in [7, 11) is 0. The Labute approximate surface area is 125 Å². The third-order valence-corrected chi connectivity index (χ3v) is 4.04. The Bertz CT molecular complexity index is 567. The minimum atomic E-state index is 0.0192. The van der Waals surface area contributed by atoms with Crippen LogP contribution in [0.2, 0.25) is 0 Å². The molecule has 0 bridgehead atoms. The van der Waals surface area contributed by atoms with Crippen LogP contribution in [0.25, 0.3) is 0 Å². The van der Waals surface area contributed by atoms with E-state index in [0.29, 0.717) is 12.6 Å². The number of hydrogen-bond acceptors (Lipinski definition) is 2. The molecule has 5 heteroatoms. The SMILES string of the molecule is O=C(NCCn1cccc1)c1cccn1C1CCNCC1. The van der Waals surface area contributed by atoms with Crippen molar-refractivity contribution in [3.8, 4) is 0 Å². The van der Waals surface area contributed by atoms with E-state index in [0.717, 1.165) is 38.2 Å². The summed E-state index contributed by atoms with van der Waals surface area (Å²) >= 11 is 0. The van der Waals surface area contributed by atoms with Crippen molar-refractivity contribution >= 4 is 5.91 Å². The van der Waals surface area contributed by atoms with Crippen molar-refractivity contribution in [1.29, 1.82) is 0 Å². The smallest absolute Gasteiger partial charge is 0.267 e. The summed E-state index contributed by atoms with van der Waals surface area (Å²) in [4.78, 5) is 12.3. The molecule has 1 amide bonds. The van der Waals surface area contributed by atoms with Crippen molar-refractivity contribution in [2.24, 2.45) is 0 Å². The van der Waals surface area contributed by atoms with Crippen LogP contribution in [0.3, 0.4) is 0 Å². The molecular formula is C16H22N4O. The molecule has 21 heavy (non-hydrogen) atoms. The molecule has 1 aliphatic heterocycles. The average Bonchev–Trinajstić information content (AvgIpc) is 3.19. The summed E-state index contributed by atoms with van der Waals surface area (Å²) in [5.41, 5.74) is 0.773. The van der Waals surface area contributed by atoms with E-state index in [1.54, 1.807) is 0 Å². The fourth-order valence-corrected chi connectivity index (χ4v) is 2.90. The Kier molecular flexibility index (Phi) is 4.40. The van der Waals surface area contributed by atoms with Crippen LogP contribution in [0.4, 0.5) is 0 Å². The monoisotopic (exact) mass is 286 g/mol. The second kappa shape index (κ2) is 6.63. The van der Waals surface area contributed by atoms with Gasteiger partial charge >= 0.3 is 0 Å². The standard InChI is InChI=1S/C16H22N4O/c21-16(18-9-13-19-10-1-2-11-19)15-4-3-12-20(15)14-5-7-17-8-6-14/h1-4,10-12,14,17H,5-9,13H2,(H,18,21). The molecule has 3 heterocycles. The van der Waals surface area contributed by atoms with E-state index in [4.69, 9.17) is 0 Å². The van der Waals surface area contributed by atoms with Crippen molar-refractivity contribution in [2.75, 3.05) is 19.6 Å². The van der Waals surface area contributed by atoms with Gasteiger partial charge in [0, 0.05) is 37.7 Å². The van der Waals surface area contributed by atoms with E-state index in [1.807, 2.05) is 42.9 Å². The molecule has 0 unspecified atom stereocenters. The summed E-state index contributed by atoms with van der Waals surface area (Å²) in [5, 5.41) is 6.37. The largest absolute Gasteiger partial charge is 0.353 e. The van der Waals surface area contributed by atoms with Gasteiger partial charge in [-0.25, -0.2) is 0 Å². The van der Waals surface area contributed by atoms with Crippen LogP contribution in [0.5, 0.6) is 0 Å². The summed E-state index contributed by atoms with van der Waals surface area (Å²) in [6, 6.07) is 8.29. The van der Waals surface area contributed by atoms with Crippen molar-refractivity contribution < 1.29 is 4.79 Å². The number of amides is 1. The minimum Gasteiger partial charge on any atom is -0.353 e. The lowest BCUT2D eigenvalue weighted by atomic mass is 10.1. The van der Waals surface area contributed by atoms with Crippen LogP contribution in [0, 0.1) is 0 Å². The van der Waals surface area contributed by atoms with Gasteiger partial charge in [-0.2, -0.15) is 0 Å². The minimum absolute atomic E-state index is 0.0192. The summed E-state index contributed by atoms with van der Waals surface area (Å²) in [5.74, 6) is 0.0192. The lowest BCUT2D eigenvalue weighted by Crippen LogP contribution is -2.33. The highest BCUT2D eigenvalue weighted by molar-refractivity contribution is 5.92. The zero-order valence-corrected chi connectivity index (χ0v) is 12.2. The van der Waals surface area contributed by atoms with Crippen LogP contribution >= 0.6 is 0 Å². The van der Waals surface area contributed by atoms with Crippen molar-refractivity contribution in [3.63, 3.8) is 0 Å². The first kappa shape index (κ1) is 13.9. The molecular weight excluding hydrogens is 264 g/mol. The maximum Gasteiger partial charge on any atom is 0.267 e. The van der Waals surface area contributed by atoms with Gasteiger partial charge in [0.2, 0.25) is 0 Å². The highest BCUT2D eigenvalue weighted by Gasteiger charge is 2.19. The topological polar surface area (TPSA) is 51.0 Å². The molecule has 0 saturated carbocycles. The predicted octanol–water partition coefficient (Wildman–Crippen LogP) is 1.64. The van der Waals surface area contributed by atoms with Crippen LogP contribution in [-0.2, 0) is 6.54 Å². The Hall–Kier alpha value is -2.01. The molecule has 3 rings (SSSR count). The average molecular weight is 286 g/mol. The number of aromatic nitrogens is 2. The zero-order valence-electron chi connectivity index (χ0n) is 12.2. The van der Waals surface area contributed by atoms with E-state index < -0.39 is 0 Å². The van der Waals surface area contributed by atoms with E-state index in [-0.39, 0.29) is 5.91 Å². The van der Waals surface area contributed by atoms with Crippen LogP contribution in [-0.4, -0.2) is 34.7 Å². The molecule has 2 aromatic heterocycles. The van der Waals surface area contributed by atoms with Gasteiger partial charge in [0.1, 0.15) is 5.69 Å². The third-order valence-electron chi connectivity index (χ3n) is 4.04. The lowest BCUT2D eigenvalue weighted by molar-refractivity contribution is 0.0939. The van der Waals surface area contributed by atoms with Crippen molar-refractivity contribution in [2.45, 2.75) is 25.4 Å². The Morgan fingerprint density at radius 1 is 1.19 bits per heavy atom. The van der Waals surface area contributed by atoms with Crippen LogP contribution < -0.4 is 10.6 Å². The van der Waals surface area contributed by atoms with Gasteiger partial charge in [-0.15, -0.1) is 0 Å². The lowest BCUT2D eigenvalue weighted by Gasteiger charge is -2.25. The molecule has 5 nitrogen and oxygen atoms in total. The van der Waals surface area contributed by atoms with Gasteiger partial charge in [-0.1, -0.05) is 0 Å². The molecule has 0 radical (unpaired) electrons. The normalized spacial score (nSPS) is 16.0. The first-order valence-corrected chi connectivity index (χ1v) is 7.61. The molecule has 1 fully saturated rings. The van der Waals surface area contributed by atoms with Gasteiger partial charge in [0.05, 0.1) is 0 Å². The molecule has 0 aliphatic carbocycles. The van der Waals surface area contributed by atoms with Gasteiger partial charge in [0.25, 0.3) is 5.91 Å². The second-order valence-electron chi connectivity index (χ2n) is 5.46. The maximum absolute atomic E-state index is 12.3. The molecule has 0 aromatic carbocycles. The maximum atomic E-state index is 12.3. The number of nitrogens with zero attached hydrogens (tertiary/aromatic N) is 2. The van der Waals surface area contributed by atoms with E-state index in [1.165, 1.54) is 0 Å². The first-order chi connectivity index (χ1) is 10.3. The molecule has 0 spiro atoms. The van der Waals surface area contributed by atoms with Gasteiger partial charge in [0.15, 0.2) is 0 Å². The fraction of sp³-hybridized carbons (Fsp3) is 0.438. The van der Waals surface area contributed by atoms with E-state index >= 15 is 0 Å². The first-order valence-electron chi connectivity index (χ1n) is 7.61. The Morgan fingerprint density at radius 3 is 2.71 bits per heavy atom. The summed E-state index contributed by atoms with van der Waals surface area (Å²) in [6.45, 7) is 3.49.